The maximum Gasteiger partial charge on any atom is 0.239 e. The molecule has 0 unspecified atom stereocenters. The Bertz CT molecular complexity index is 528. The van der Waals surface area contributed by atoms with Crippen molar-refractivity contribution in [2.24, 2.45) is 0 Å². The minimum atomic E-state index is -0.277. The molecule has 0 saturated heterocycles. The number of allylic oxidation sites excluding steroid dienone is 1. The van der Waals surface area contributed by atoms with E-state index in [1.807, 2.05) is 17.9 Å². The topological polar surface area (TPSA) is 32.3 Å². The van der Waals surface area contributed by atoms with Crippen LogP contribution in [0.3, 0.4) is 0 Å². The second kappa shape index (κ2) is 8.57. The molecule has 1 aromatic rings. The average Bonchev–Trinajstić information content (AvgIpc) is 2.53. The van der Waals surface area contributed by atoms with Crippen LogP contribution in [0.5, 0.6) is 0 Å². The number of carbonyl (C=O) groups excluding carboxylic acids is 1. The third kappa shape index (κ3) is 5.17. The Balaban J connectivity index is 1.78. The molecule has 0 heterocycles. The quantitative estimate of drug-likeness (QED) is 0.780. The number of rotatable bonds is 7. The fraction of sp³-hybridized carbons (Fsp3) is 0.500. The van der Waals surface area contributed by atoms with Gasteiger partial charge in [0, 0.05) is 18.8 Å². The maximum absolute atomic E-state index is 13.3. The number of likely N-dealkylation sites (N-methyl/N-ethyl adjacent to an activating group) is 1. The zero-order valence-electron chi connectivity index (χ0n) is 13.3. The highest BCUT2D eigenvalue weighted by atomic mass is 19.1. The zero-order valence-corrected chi connectivity index (χ0v) is 13.3. The first kappa shape index (κ1) is 16.5. The molecule has 0 atom stereocenters. The van der Waals surface area contributed by atoms with Crippen LogP contribution in [0.1, 0.15) is 39.0 Å². The number of halogens is 1. The lowest BCUT2D eigenvalue weighted by atomic mass is 9.97. The lowest BCUT2D eigenvalue weighted by molar-refractivity contribution is -0.119. The van der Waals surface area contributed by atoms with Crippen molar-refractivity contribution in [2.45, 2.75) is 39.0 Å². The van der Waals surface area contributed by atoms with Gasteiger partial charge in [-0.1, -0.05) is 17.7 Å². The van der Waals surface area contributed by atoms with Crippen LogP contribution >= 0.6 is 0 Å². The van der Waals surface area contributed by atoms with E-state index in [1.165, 1.54) is 43.4 Å². The predicted octanol–water partition coefficient (Wildman–Crippen LogP) is 3.66. The fourth-order valence-corrected chi connectivity index (χ4v) is 2.78. The van der Waals surface area contributed by atoms with Crippen molar-refractivity contribution in [3.63, 3.8) is 0 Å². The third-order valence-corrected chi connectivity index (χ3v) is 4.04. The Labute approximate surface area is 132 Å². The number of anilines is 1. The van der Waals surface area contributed by atoms with E-state index in [-0.39, 0.29) is 18.3 Å². The summed E-state index contributed by atoms with van der Waals surface area (Å²) < 4.78 is 13.3. The number of nitrogens with one attached hydrogen (secondary N) is 1. The lowest BCUT2D eigenvalue weighted by Crippen LogP contribution is -2.37. The summed E-state index contributed by atoms with van der Waals surface area (Å²) in [5, 5.41) is 2.96. The molecule has 2 rings (SSSR count). The highest BCUT2D eigenvalue weighted by Gasteiger charge is 2.11. The molecular weight excluding hydrogens is 279 g/mol. The summed E-state index contributed by atoms with van der Waals surface area (Å²) >= 11 is 0. The monoisotopic (exact) mass is 304 g/mol. The van der Waals surface area contributed by atoms with Gasteiger partial charge in [0.25, 0.3) is 0 Å². The van der Waals surface area contributed by atoms with Gasteiger partial charge in [-0.05, 0) is 57.2 Å². The molecule has 1 aliphatic rings. The Hall–Kier alpha value is -1.84. The molecule has 0 radical (unpaired) electrons. The van der Waals surface area contributed by atoms with E-state index < -0.39 is 0 Å². The van der Waals surface area contributed by atoms with Crippen molar-refractivity contribution in [3.8, 4) is 0 Å². The Morgan fingerprint density at radius 3 is 2.91 bits per heavy atom. The zero-order chi connectivity index (χ0) is 15.8. The van der Waals surface area contributed by atoms with E-state index >= 15 is 0 Å². The van der Waals surface area contributed by atoms with E-state index in [2.05, 4.69) is 11.4 Å². The molecule has 1 amide bonds. The molecule has 0 aromatic heterocycles. The first-order valence-electron chi connectivity index (χ1n) is 8.14. The van der Waals surface area contributed by atoms with Gasteiger partial charge >= 0.3 is 0 Å². The van der Waals surface area contributed by atoms with E-state index in [0.717, 1.165) is 12.1 Å². The van der Waals surface area contributed by atoms with Crippen molar-refractivity contribution >= 4 is 11.6 Å². The molecule has 22 heavy (non-hydrogen) atoms. The van der Waals surface area contributed by atoms with Crippen molar-refractivity contribution in [1.29, 1.82) is 0 Å². The van der Waals surface area contributed by atoms with Crippen LogP contribution in [0.2, 0.25) is 0 Å². The molecule has 0 bridgehead atoms. The minimum absolute atomic E-state index is 0.0116. The molecule has 0 spiro atoms. The van der Waals surface area contributed by atoms with Gasteiger partial charge in [0.1, 0.15) is 5.82 Å². The molecule has 120 valence electrons. The van der Waals surface area contributed by atoms with Crippen molar-refractivity contribution in [2.75, 3.05) is 24.5 Å². The SMILES string of the molecule is CCN(CC(=O)NCCC1=CCCCC1)c1cccc(F)c1. The van der Waals surface area contributed by atoms with Crippen LogP contribution in [0, 0.1) is 5.82 Å². The molecule has 3 nitrogen and oxygen atoms in total. The first-order chi connectivity index (χ1) is 10.7. The normalized spacial score (nSPS) is 14.4. The van der Waals surface area contributed by atoms with Gasteiger partial charge in [-0.25, -0.2) is 4.39 Å². The van der Waals surface area contributed by atoms with Crippen molar-refractivity contribution in [3.05, 3.63) is 41.7 Å². The predicted molar refractivity (Wildman–Crippen MR) is 88.5 cm³/mol. The molecule has 4 heteroatoms. The molecule has 1 aromatic carbocycles. The van der Waals surface area contributed by atoms with E-state index in [4.69, 9.17) is 0 Å². The smallest absolute Gasteiger partial charge is 0.239 e. The van der Waals surface area contributed by atoms with E-state index in [1.54, 1.807) is 6.07 Å². The van der Waals surface area contributed by atoms with Crippen LogP contribution in [-0.4, -0.2) is 25.5 Å². The number of benzene rings is 1. The summed E-state index contributed by atoms with van der Waals surface area (Å²) in [5.41, 5.74) is 2.21. The molecule has 1 aliphatic carbocycles. The molecule has 0 saturated carbocycles. The second-order valence-corrected chi connectivity index (χ2v) is 5.70. The van der Waals surface area contributed by atoms with Gasteiger partial charge in [-0.3, -0.25) is 4.79 Å². The summed E-state index contributed by atoms with van der Waals surface area (Å²) in [6.07, 6.45) is 8.14. The average molecular weight is 304 g/mol. The molecule has 0 fully saturated rings. The van der Waals surface area contributed by atoms with Gasteiger partial charge < -0.3 is 10.2 Å². The Morgan fingerprint density at radius 2 is 2.23 bits per heavy atom. The summed E-state index contributed by atoms with van der Waals surface area (Å²) in [5.74, 6) is -0.289. The lowest BCUT2D eigenvalue weighted by Gasteiger charge is -2.22. The Morgan fingerprint density at radius 1 is 1.36 bits per heavy atom. The van der Waals surface area contributed by atoms with E-state index in [0.29, 0.717) is 13.1 Å². The highest BCUT2D eigenvalue weighted by molar-refractivity contribution is 5.81. The van der Waals surface area contributed by atoms with Crippen LogP contribution in [0.15, 0.2) is 35.9 Å². The molecular formula is C18H25FN2O. The van der Waals surface area contributed by atoms with Crippen LogP contribution in [-0.2, 0) is 4.79 Å². The largest absolute Gasteiger partial charge is 0.362 e. The maximum atomic E-state index is 13.3. The molecule has 1 N–H and O–H groups in total. The van der Waals surface area contributed by atoms with Crippen LogP contribution < -0.4 is 10.2 Å². The number of hydrogen-bond donors (Lipinski definition) is 1. The summed E-state index contributed by atoms with van der Waals surface area (Å²) in [6, 6.07) is 6.37. The fourth-order valence-electron chi connectivity index (χ4n) is 2.78. The van der Waals surface area contributed by atoms with Gasteiger partial charge in [-0.2, -0.15) is 0 Å². The van der Waals surface area contributed by atoms with Gasteiger partial charge in [0.05, 0.1) is 6.54 Å². The summed E-state index contributed by atoms with van der Waals surface area (Å²) in [6.45, 7) is 3.58. The second-order valence-electron chi connectivity index (χ2n) is 5.70. The van der Waals surface area contributed by atoms with Crippen LogP contribution in [0.25, 0.3) is 0 Å². The number of nitrogens with zero attached hydrogens (tertiary/aromatic N) is 1. The van der Waals surface area contributed by atoms with Crippen molar-refractivity contribution in [1.82, 2.24) is 5.32 Å². The number of carbonyl (C=O) groups is 1. The summed E-state index contributed by atoms with van der Waals surface area (Å²) in [4.78, 5) is 13.9. The van der Waals surface area contributed by atoms with Crippen molar-refractivity contribution < 1.29 is 9.18 Å². The minimum Gasteiger partial charge on any atom is -0.362 e. The summed E-state index contributed by atoms with van der Waals surface area (Å²) in [7, 11) is 0. The van der Waals surface area contributed by atoms with Crippen LogP contribution in [0.4, 0.5) is 10.1 Å². The van der Waals surface area contributed by atoms with Gasteiger partial charge in [0.15, 0.2) is 0 Å². The Kier molecular flexibility index (Phi) is 6.44. The highest BCUT2D eigenvalue weighted by Crippen LogP contribution is 2.19. The van der Waals surface area contributed by atoms with Gasteiger partial charge in [-0.15, -0.1) is 0 Å². The molecule has 0 aliphatic heterocycles. The van der Waals surface area contributed by atoms with E-state index in [9.17, 15) is 9.18 Å². The number of hydrogen-bond acceptors (Lipinski definition) is 2. The first-order valence-corrected chi connectivity index (χ1v) is 8.14. The standard InChI is InChI=1S/C18H25FN2O/c1-2-21(17-10-6-9-16(19)13-17)14-18(22)20-12-11-15-7-4-3-5-8-15/h6-7,9-10,13H,2-5,8,11-12,14H2,1H3,(H,20,22). The third-order valence-electron chi connectivity index (χ3n) is 4.04. The number of amides is 1. The van der Waals surface area contributed by atoms with Gasteiger partial charge in [0.2, 0.25) is 5.91 Å².